The van der Waals surface area contributed by atoms with Crippen LogP contribution >= 0.6 is 0 Å². The summed E-state index contributed by atoms with van der Waals surface area (Å²) in [7, 11) is 3.26. The number of rotatable bonds is 7. The minimum atomic E-state index is 0.190. The molecular weight excluding hydrogens is 278 g/mol. The molecule has 2 rings (SSSR count). The van der Waals surface area contributed by atoms with Crippen LogP contribution < -0.4 is 19.5 Å². The molecule has 0 aromatic heterocycles. The highest BCUT2D eigenvalue weighted by Gasteiger charge is 2.04. The highest BCUT2D eigenvalue weighted by atomic mass is 16.5. The van der Waals surface area contributed by atoms with Crippen molar-refractivity contribution in [2.45, 2.75) is 26.5 Å². The van der Waals surface area contributed by atoms with Gasteiger partial charge in [0.1, 0.15) is 5.75 Å². The molecular formula is C18H23NO3. The minimum absolute atomic E-state index is 0.190. The molecule has 0 saturated carbocycles. The first kappa shape index (κ1) is 16.0. The number of hydrogen-bond donors (Lipinski definition) is 1. The smallest absolute Gasteiger partial charge is 0.162 e. The lowest BCUT2D eigenvalue weighted by Crippen LogP contribution is -2.05. The van der Waals surface area contributed by atoms with Crippen LogP contribution in [0.4, 0.5) is 5.69 Å². The monoisotopic (exact) mass is 301 g/mol. The van der Waals surface area contributed by atoms with Crippen LogP contribution in [0.2, 0.25) is 0 Å². The highest BCUT2D eigenvalue weighted by Crippen LogP contribution is 2.29. The molecule has 4 heteroatoms. The van der Waals surface area contributed by atoms with Crippen molar-refractivity contribution in [3.05, 3.63) is 48.0 Å². The van der Waals surface area contributed by atoms with Gasteiger partial charge in [-0.15, -0.1) is 0 Å². The number of hydrogen-bond acceptors (Lipinski definition) is 4. The van der Waals surface area contributed by atoms with Gasteiger partial charge in [0, 0.05) is 18.3 Å². The predicted molar refractivity (Wildman–Crippen MR) is 89.1 cm³/mol. The number of methoxy groups -OCH3 is 2. The van der Waals surface area contributed by atoms with E-state index >= 15 is 0 Å². The average molecular weight is 301 g/mol. The second-order valence-electron chi connectivity index (χ2n) is 5.23. The highest BCUT2D eigenvalue weighted by molar-refractivity contribution is 5.55. The molecule has 0 aliphatic heterocycles. The van der Waals surface area contributed by atoms with Crippen molar-refractivity contribution < 1.29 is 14.2 Å². The van der Waals surface area contributed by atoms with Gasteiger partial charge in [0.15, 0.2) is 11.5 Å². The van der Waals surface area contributed by atoms with Gasteiger partial charge in [-0.1, -0.05) is 12.1 Å². The fraction of sp³-hybridized carbons (Fsp3) is 0.333. The van der Waals surface area contributed by atoms with E-state index in [1.54, 1.807) is 14.2 Å². The van der Waals surface area contributed by atoms with Crippen molar-refractivity contribution in [2.24, 2.45) is 0 Å². The summed E-state index contributed by atoms with van der Waals surface area (Å²) in [5.41, 5.74) is 2.17. The van der Waals surface area contributed by atoms with E-state index in [1.165, 1.54) is 5.56 Å². The summed E-state index contributed by atoms with van der Waals surface area (Å²) >= 11 is 0. The summed E-state index contributed by atoms with van der Waals surface area (Å²) < 4.78 is 16.2. The number of ether oxygens (including phenoxy) is 3. The van der Waals surface area contributed by atoms with E-state index < -0.39 is 0 Å². The van der Waals surface area contributed by atoms with E-state index in [9.17, 15) is 0 Å². The van der Waals surface area contributed by atoms with Crippen LogP contribution in [0.25, 0.3) is 0 Å². The first-order valence-corrected chi connectivity index (χ1v) is 7.34. The second-order valence-corrected chi connectivity index (χ2v) is 5.23. The molecule has 22 heavy (non-hydrogen) atoms. The van der Waals surface area contributed by atoms with Crippen molar-refractivity contribution in [1.82, 2.24) is 0 Å². The van der Waals surface area contributed by atoms with Gasteiger partial charge in [-0.2, -0.15) is 0 Å². The van der Waals surface area contributed by atoms with Gasteiger partial charge >= 0.3 is 0 Å². The molecule has 0 spiro atoms. The Hall–Kier alpha value is -2.36. The van der Waals surface area contributed by atoms with Crippen LogP contribution in [0.5, 0.6) is 17.2 Å². The van der Waals surface area contributed by atoms with Gasteiger partial charge in [0.2, 0.25) is 0 Å². The van der Waals surface area contributed by atoms with E-state index in [4.69, 9.17) is 14.2 Å². The molecule has 4 nitrogen and oxygen atoms in total. The third kappa shape index (κ3) is 4.32. The fourth-order valence-electron chi connectivity index (χ4n) is 2.11. The molecule has 1 N–H and O–H groups in total. The van der Waals surface area contributed by atoms with E-state index in [2.05, 4.69) is 17.4 Å². The summed E-state index contributed by atoms with van der Waals surface area (Å²) in [6.45, 7) is 4.77. The predicted octanol–water partition coefficient (Wildman–Crippen LogP) is 4.10. The second kappa shape index (κ2) is 7.59. The Morgan fingerprint density at radius 3 is 2.18 bits per heavy atom. The van der Waals surface area contributed by atoms with E-state index in [0.717, 1.165) is 23.7 Å². The van der Waals surface area contributed by atoms with Crippen molar-refractivity contribution in [1.29, 1.82) is 0 Å². The van der Waals surface area contributed by atoms with Gasteiger partial charge in [-0.25, -0.2) is 0 Å². The number of nitrogens with one attached hydrogen (secondary N) is 1. The summed E-state index contributed by atoms with van der Waals surface area (Å²) in [6, 6.07) is 13.9. The molecule has 2 aromatic carbocycles. The van der Waals surface area contributed by atoms with Crippen LogP contribution in [0.15, 0.2) is 42.5 Å². The Labute approximate surface area is 132 Å². The maximum Gasteiger partial charge on any atom is 0.162 e. The van der Waals surface area contributed by atoms with Crippen LogP contribution in [-0.4, -0.2) is 20.3 Å². The molecule has 0 heterocycles. The first-order valence-electron chi connectivity index (χ1n) is 7.34. The molecule has 0 aliphatic rings. The number of anilines is 1. The lowest BCUT2D eigenvalue weighted by atomic mass is 10.2. The van der Waals surface area contributed by atoms with Crippen molar-refractivity contribution in [3.63, 3.8) is 0 Å². The van der Waals surface area contributed by atoms with Crippen LogP contribution in [0, 0.1) is 0 Å². The van der Waals surface area contributed by atoms with Crippen LogP contribution in [0.3, 0.4) is 0 Å². The van der Waals surface area contributed by atoms with E-state index in [1.807, 2.05) is 44.2 Å². The van der Waals surface area contributed by atoms with Crippen molar-refractivity contribution in [2.75, 3.05) is 19.5 Å². The van der Waals surface area contributed by atoms with Crippen LogP contribution in [0.1, 0.15) is 19.4 Å². The molecule has 118 valence electrons. The molecule has 0 saturated heterocycles. The summed E-state index contributed by atoms with van der Waals surface area (Å²) in [5.74, 6) is 2.33. The zero-order valence-corrected chi connectivity index (χ0v) is 13.6. The Morgan fingerprint density at radius 2 is 1.59 bits per heavy atom. The standard InChI is InChI=1S/C18H23NO3/c1-13(2)22-16-8-5-14(6-9-16)12-19-15-7-10-17(20-3)18(11-15)21-4/h5-11,13,19H,12H2,1-4H3. The Bertz CT molecular complexity index is 594. The Morgan fingerprint density at radius 1 is 0.909 bits per heavy atom. The first-order chi connectivity index (χ1) is 10.6. The SMILES string of the molecule is COc1ccc(NCc2ccc(OC(C)C)cc2)cc1OC. The summed E-state index contributed by atoms with van der Waals surface area (Å²) in [4.78, 5) is 0. The average Bonchev–Trinajstić information content (AvgIpc) is 2.53. The van der Waals surface area contributed by atoms with E-state index in [0.29, 0.717) is 5.75 Å². The molecule has 0 radical (unpaired) electrons. The quantitative estimate of drug-likeness (QED) is 0.835. The molecule has 0 bridgehead atoms. The fourth-order valence-corrected chi connectivity index (χ4v) is 2.11. The van der Waals surface area contributed by atoms with Gasteiger partial charge in [0.05, 0.1) is 20.3 Å². The lowest BCUT2D eigenvalue weighted by Gasteiger charge is -2.12. The normalized spacial score (nSPS) is 10.4. The van der Waals surface area contributed by atoms with E-state index in [-0.39, 0.29) is 6.10 Å². The maximum absolute atomic E-state index is 5.64. The number of benzene rings is 2. The molecule has 0 unspecified atom stereocenters. The minimum Gasteiger partial charge on any atom is -0.493 e. The lowest BCUT2D eigenvalue weighted by molar-refractivity contribution is 0.242. The molecule has 2 aromatic rings. The van der Waals surface area contributed by atoms with Crippen LogP contribution in [-0.2, 0) is 6.54 Å². The van der Waals surface area contributed by atoms with Gasteiger partial charge in [0.25, 0.3) is 0 Å². The van der Waals surface area contributed by atoms with Gasteiger partial charge < -0.3 is 19.5 Å². The third-order valence-corrected chi connectivity index (χ3v) is 3.18. The molecule has 0 aliphatic carbocycles. The Kier molecular flexibility index (Phi) is 5.53. The van der Waals surface area contributed by atoms with Crippen molar-refractivity contribution in [3.8, 4) is 17.2 Å². The Balaban J connectivity index is 1.97. The summed E-state index contributed by atoms with van der Waals surface area (Å²) in [5, 5.41) is 3.37. The topological polar surface area (TPSA) is 39.7 Å². The maximum atomic E-state index is 5.64. The van der Waals surface area contributed by atoms with Gasteiger partial charge in [-0.05, 0) is 43.7 Å². The zero-order chi connectivity index (χ0) is 15.9. The largest absolute Gasteiger partial charge is 0.493 e. The van der Waals surface area contributed by atoms with Crippen molar-refractivity contribution >= 4 is 5.69 Å². The molecule has 0 atom stereocenters. The summed E-state index contributed by atoms with van der Waals surface area (Å²) in [6.07, 6.45) is 0.190. The third-order valence-electron chi connectivity index (χ3n) is 3.18. The zero-order valence-electron chi connectivity index (χ0n) is 13.6. The molecule has 0 fully saturated rings. The van der Waals surface area contributed by atoms with Gasteiger partial charge in [-0.3, -0.25) is 0 Å². The molecule has 0 amide bonds.